The lowest BCUT2D eigenvalue weighted by molar-refractivity contribution is 0.0650. The molecule has 2 fully saturated rings. The summed E-state index contributed by atoms with van der Waals surface area (Å²) >= 11 is 0. The fourth-order valence-electron chi connectivity index (χ4n) is 4.00. The molecule has 0 bridgehead atoms. The lowest BCUT2D eigenvalue weighted by Crippen LogP contribution is -2.59. The van der Waals surface area contributed by atoms with E-state index >= 15 is 0 Å². The number of likely N-dealkylation sites (N-methyl/N-ethyl adjacent to an activating group) is 1. The fourth-order valence-corrected chi connectivity index (χ4v) is 4.00. The molecule has 1 atom stereocenters. The molecule has 2 aliphatic carbocycles. The summed E-state index contributed by atoms with van der Waals surface area (Å²) in [5, 5.41) is 13.7. The number of rotatable bonds is 9. The smallest absolute Gasteiger partial charge is 0.0628 e. The lowest BCUT2D eigenvalue weighted by atomic mass is 9.91. The quantitative estimate of drug-likeness (QED) is 0.682. The van der Waals surface area contributed by atoms with Gasteiger partial charge >= 0.3 is 0 Å². The minimum absolute atomic E-state index is 0.0494. The number of nitrogens with one attached hydrogen (secondary N) is 1. The van der Waals surface area contributed by atoms with Gasteiger partial charge in [0.25, 0.3) is 0 Å². The molecule has 0 aromatic heterocycles. The fraction of sp³-hybridized carbons (Fsp3) is 1.00. The van der Waals surface area contributed by atoms with Gasteiger partial charge in [-0.25, -0.2) is 0 Å². The Kier molecular flexibility index (Phi) is 5.88. The van der Waals surface area contributed by atoms with Crippen LogP contribution in [0.2, 0.25) is 0 Å². The largest absolute Gasteiger partial charge is 0.394 e. The molecule has 3 nitrogen and oxygen atoms in total. The zero-order valence-electron chi connectivity index (χ0n) is 13.7. The van der Waals surface area contributed by atoms with E-state index in [2.05, 4.69) is 31.0 Å². The highest BCUT2D eigenvalue weighted by Crippen LogP contribution is 2.41. The Morgan fingerprint density at radius 2 is 1.85 bits per heavy atom. The van der Waals surface area contributed by atoms with E-state index in [4.69, 9.17) is 0 Å². The van der Waals surface area contributed by atoms with Crippen LogP contribution >= 0.6 is 0 Å². The van der Waals surface area contributed by atoms with Crippen LogP contribution in [0.3, 0.4) is 0 Å². The first kappa shape index (κ1) is 16.3. The molecule has 0 amide bonds. The van der Waals surface area contributed by atoms with Crippen molar-refractivity contribution in [2.75, 3.05) is 26.2 Å². The molecule has 118 valence electrons. The van der Waals surface area contributed by atoms with Crippen LogP contribution in [0, 0.1) is 11.8 Å². The third-order valence-corrected chi connectivity index (χ3v) is 5.10. The molecule has 3 heteroatoms. The summed E-state index contributed by atoms with van der Waals surface area (Å²) in [6, 6.07) is 0.751. The molecule has 0 aliphatic heterocycles. The van der Waals surface area contributed by atoms with Gasteiger partial charge in [0.2, 0.25) is 0 Å². The molecule has 20 heavy (non-hydrogen) atoms. The molecule has 0 saturated heterocycles. The minimum Gasteiger partial charge on any atom is -0.394 e. The maximum absolute atomic E-state index is 10.1. The zero-order valence-corrected chi connectivity index (χ0v) is 13.7. The second kappa shape index (κ2) is 7.24. The molecule has 0 heterocycles. The second-order valence-electron chi connectivity index (χ2n) is 7.38. The van der Waals surface area contributed by atoms with E-state index in [1.54, 1.807) is 0 Å². The van der Waals surface area contributed by atoms with E-state index in [9.17, 15) is 5.11 Å². The first-order valence-corrected chi connectivity index (χ1v) is 8.71. The van der Waals surface area contributed by atoms with Crippen molar-refractivity contribution >= 4 is 0 Å². The summed E-state index contributed by atoms with van der Waals surface area (Å²) < 4.78 is 0. The zero-order chi connectivity index (χ0) is 14.6. The van der Waals surface area contributed by atoms with Crippen LogP contribution in [0.25, 0.3) is 0 Å². The van der Waals surface area contributed by atoms with Crippen molar-refractivity contribution in [3.05, 3.63) is 0 Å². The Balaban J connectivity index is 2.06. The molecule has 0 aromatic rings. The SMILES string of the molecule is CCNC(CO)(CN(CC(C)C)C1CCCC1)C1CC1. The standard InChI is InChI=1S/C17H34N2O/c1-4-18-17(13-20,15-9-10-15)12-19(11-14(2)3)16-7-5-6-8-16/h14-16,18,20H,4-13H2,1-3H3. The van der Waals surface area contributed by atoms with Gasteiger partial charge < -0.3 is 10.4 Å². The summed E-state index contributed by atoms with van der Waals surface area (Å²) in [7, 11) is 0. The number of hydrogen-bond donors (Lipinski definition) is 2. The molecule has 0 aromatic carbocycles. The van der Waals surface area contributed by atoms with Crippen LogP contribution in [0.1, 0.15) is 59.3 Å². The molecular formula is C17H34N2O. The average molecular weight is 282 g/mol. The highest BCUT2D eigenvalue weighted by Gasteiger charge is 2.46. The van der Waals surface area contributed by atoms with Gasteiger partial charge in [0.15, 0.2) is 0 Å². The van der Waals surface area contributed by atoms with E-state index in [1.165, 1.54) is 45.1 Å². The van der Waals surface area contributed by atoms with Crippen LogP contribution in [-0.2, 0) is 0 Å². The number of aliphatic hydroxyl groups is 1. The van der Waals surface area contributed by atoms with Gasteiger partial charge in [-0.15, -0.1) is 0 Å². The van der Waals surface area contributed by atoms with Gasteiger partial charge in [-0.3, -0.25) is 4.90 Å². The molecule has 1 unspecified atom stereocenters. The first-order valence-electron chi connectivity index (χ1n) is 8.71. The monoisotopic (exact) mass is 282 g/mol. The third-order valence-electron chi connectivity index (χ3n) is 5.10. The van der Waals surface area contributed by atoms with Gasteiger partial charge in [-0.05, 0) is 44.1 Å². The number of nitrogens with zero attached hydrogens (tertiary/aromatic N) is 1. The van der Waals surface area contributed by atoms with Gasteiger partial charge in [-0.1, -0.05) is 33.6 Å². The topological polar surface area (TPSA) is 35.5 Å². The second-order valence-corrected chi connectivity index (χ2v) is 7.38. The molecule has 2 saturated carbocycles. The highest BCUT2D eigenvalue weighted by atomic mass is 16.3. The number of aliphatic hydroxyl groups excluding tert-OH is 1. The maximum Gasteiger partial charge on any atom is 0.0628 e. The van der Waals surface area contributed by atoms with Crippen molar-refractivity contribution in [3.8, 4) is 0 Å². The average Bonchev–Trinajstić information content (AvgIpc) is 3.12. The Morgan fingerprint density at radius 1 is 1.20 bits per heavy atom. The molecule has 2 rings (SSSR count). The summed E-state index contributed by atoms with van der Waals surface area (Å²) in [4.78, 5) is 2.69. The molecular weight excluding hydrogens is 248 g/mol. The van der Waals surface area contributed by atoms with Gasteiger partial charge in [-0.2, -0.15) is 0 Å². The highest BCUT2D eigenvalue weighted by molar-refractivity contribution is 5.03. The lowest BCUT2D eigenvalue weighted by Gasteiger charge is -2.41. The van der Waals surface area contributed by atoms with Gasteiger partial charge in [0.05, 0.1) is 12.1 Å². The van der Waals surface area contributed by atoms with Crippen molar-refractivity contribution in [2.45, 2.75) is 70.9 Å². The van der Waals surface area contributed by atoms with Crippen LogP contribution in [-0.4, -0.2) is 47.8 Å². The first-order chi connectivity index (χ1) is 9.61. The van der Waals surface area contributed by atoms with Crippen molar-refractivity contribution in [2.24, 2.45) is 11.8 Å². The van der Waals surface area contributed by atoms with Crippen molar-refractivity contribution in [3.63, 3.8) is 0 Å². The van der Waals surface area contributed by atoms with Crippen LogP contribution in [0.4, 0.5) is 0 Å². The Labute approximate surface area is 125 Å². The molecule has 2 N–H and O–H groups in total. The van der Waals surface area contributed by atoms with E-state index in [0.29, 0.717) is 11.8 Å². The summed E-state index contributed by atoms with van der Waals surface area (Å²) in [6.07, 6.45) is 8.05. The van der Waals surface area contributed by atoms with E-state index in [-0.39, 0.29) is 12.1 Å². The predicted molar refractivity (Wildman–Crippen MR) is 84.9 cm³/mol. The Morgan fingerprint density at radius 3 is 2.30 bits per heavy atom. The summed E-state index contributed by atoms with van der Waals surface area (Å²) in [5.41, 5.74) is -0.0494. The molecule has 0 radical (unpaired) electrons. The van der Waals surface area contributed by atoms with E-state index in [0.717, 1.165) is 19.1 Å². The van der Waals surface area contributed by atoms with E-state index < -0.39 is 0 Å². The summed E-state index contributed by atoms with van der Waals surface area (Å²) in [6.45, 7) is 10.2. The summed E-state index contributed by atoms with van der Waals surface area (Å²) in [5.74, 6) is 1.39. The normalized spacial score (nSPS) is 23.7. The molecule has 2 aliphatic rings. The van der Waals surface area contributed by atoms with Crippen molar-refractivity contribution in [1.82, 2.24) is 10.2 Å². The van der Waals surface area contributed by atoms with Crippen molar-refractivity contribution < 1.29 is 5.11 Å². The third kappa shape index (κ3) is 3.96. The van der Waals surface area contributed by atoms with E-state index in [1.807, 2.05) is 0 Å². The Hall–Kier alpha value is -0.120. The maximum atomic E-state index is 10.1. The molecule has 0 spiro atoms. The Bertz CT molecular complexity index is 285. The van der Waals surface area contributed by atoms with Gasteiger partial charge in [0, 0.05) is 19.1 Å². The minimum atomic E-state index is -0.0494. The van der Waals surface area contributed by atoms with Crippen LogP contribution in [0.15, 0.2) is 0 Å². The van der Waals surface area contributed by atoms with Crippen LogP contribution in [0.5, 0.6) is 0 Å². The van der Waals surface area contributed by atoms with Crippen LogP contribution < -0.4 is 5.32 Å². The van der Waals surface area contributed by atoms with Gasteiger partial charge in [0.1, 0.15) is 0 Å². The number of hydrogen-bond acceptors (Lipinski definition) is 3. The van der Waals surface area contributed by atoms with Crippen molar-refractivity contribution in [1.29, 1.82) is 0 Å². The predicted octanol–water partition coefficient (Wildman–Crippen LogP) is 2.64.